The van der Waals surface area contributed by atoms with Crippen molar-refractivity contribution in [3.8, 4) is 0 Å². The lowest BCUT2D eigenvalue weighted by Gasteiger charge is -2.18. The SMILES string of the molecule is C=C(F)/C(F)=C(OCC1OC(n2ccc(=O)[nH]c2=O)CC1O)\C(F)=C(\F)C[N+](=O)[O-]. The van der Waals surface area contributed by atoms with E-state index in [1.807, 2.05) is 4.98 Å². The van der Waals surface area contributed by atoms with E-state index in [1.54, 1.807) is 0 Å². The molecule has 0 saturated carbocycles. The summed E-state index contributed by atoms with van der Waals surface area (Å²) in [6.45, 7) is 0.0784. The summed E-state index contributed by atoms with van der Waals surface area (Å²) in [6, 6.07) is 1.02. The summed E-state index contributed by atoms with van der Waals surface area (Å²) in [5, 5.41) is 20.3. The first-order valence-corrected chi connectivity index (χ1v) is 8.20. The van der Waals surface area contributed by atoms with Gasteiger partial charge in [0, 0.05) is 23.6 Å². The molecule has 10 nitrogen and oxygen atoms in total. The fourth-order valence-electron chi connectivity index (χ4n) is 2.51. The van der Waals surface area contributed by atoms with Crippen molar-refractivity contribution in [2.24, 2.45) is 0 Å². The number of hydrogen-bond donors (Lipinski definition) is 2. The Morgan fingerprint density at radius 3 is 2.60 bits per heavy atom. The van der Waals surface area contributed by atoms with Gasteiger partial charge in [-0.15, -0.1) is 0 Å². The molecule has 1 aromatic heterocycles. The molecule has 1 saturated heterocycles. The van der Waals surface area contributed by atoms with Gasteiger partial charge in [-0.1, -0.05) is 6.58 Å². The van der Waals surface area contributed by atoms with Gasteiger partial charge in [-0.25, -0.2) is 13.6 Å². The third-order valence-electron chi connectivity index (χ3n) is 3.90. The van der Waals surface area contributed by atoms with E-state index < -0.39 is 76.8 Å². The Kier molecular flexibility index (Phi) is 7.28. The van der Waals surface area contributed by atoms with Crippen LogP contribution in [0.2, 0.25) is 0 Å². The molecule has 0 spiro atoms. The third-order valence-corrected chi connectivity index (χ3v) is 3.90. The maximum atomic E-state index is 14.0. The Labute approximate surface area is 164 Å². The molecule has 0 amide bonds. The zero-order chi connectivity index (χ0) is 22.6. The molecule has 2 heterocycles. The fraction of sp³-hybridized carbons (Fsp3) is 0.375. The third kappa shape index (κ3) is 5.42. The highest BCUT2D eigenvalue weighted by Gasteiger charge is 2.37. The highest BCUT2D eigenvalue weighted by atomic mass is 19.2. The molecule has 1 fully saturated rings. The number of rotatable bonds is 8. The second kappa shape index (κ2) is 9.49. The molecule has 14 heteroatoms. The van der Waals surface area contributed by atoms with Crippen molar-refractivity contribution in [3.05, 3.63) is 78.9 Å². The molecule has 1 aliphatic heterocycles. The van der Waals surface area contributed by atoms with Gasteiger partial charge in [-0.05, 0) is 0 Å². The number of halogens is 4. The van der Waals surface area contributed by atoms with Crippen LogP contribution in [-0.2, 0) is 9.47 Å². The summed E-state index contributed by atoms with van der Waals surface area (Å²) in [7, 11) is 0. The van der Waals surface area contributed by atoms with Crippen LogP contribution in [0.1, 0.15) is 12.6 Å². The molecule has 0 bridgehead atoms. The van der Waals surface area contributed by atoms with Gasteiger partial charge in [0.15, 0.2) is 11.6 Å². The lowest BCUT2D eigenvalue weighted by Crippen LogP contribution is -2.31. The minimum Gasteiger partial charge on any atom is -0.485 e. The second-order valence-corrected chi connectivity index (χ2v) is 6.02. The number of aliphatic hydroxyl groups is 1. The number of aromatic amines is 1. The number of nitro groups is 1. The van der Waals surface area contributed by atoms with Crippen LogP contribution in [-0.4, -0.2) is 44.9 Å². The van der Waals surface area contributed by atoms with Crippen LogP contribution in [0.4, 0.5) is 17.6 Å². The van der Waals surface area contributed by atoms with Gasteiger partial charge < -0.3 is 14.6 Å². The number of nitrogens with zero attached hydrogens (tertiary/aromatic N) is 2. The van der Waals surface area contributed by atoms with E-state index in [-0.39, 0.29) is 6.42 Å². The smallest absolute Gasteiger partial charge is 0.330 e. The van der Waals surface area contributed by atoms with E-state index >= 15 is 0 Å². The van der Waals surface area contributed by atoms with E-state index in [0.29, 0.717) is 0 Å². The summed E-state index contributed by atoms with van der Waals surface area (Å²) in [4.78, 5) is 33.9. The van der Waals surface area contributed by atoms with E-state index in [9.17, 15) is 42.4 Å². The summed E-state index contributed by atoms with van der Waals surface area (Å²) >= 11 is 0. The number of aliphatic hydroxyl groups excluding tert-OH is 1. The molecule has 3 atom stereocenters. The second-order valence-electron chi connectivity index (χ2n) is 6.02. The van der Waals surface area contributed by atoms with Crippen LogP contribution in [0.15, 0.2) is 57.5 Å². The Morgan fingerprint density at radius 1 is 1.37 bits per heavy atom. The standard InChI is InChI=1S/C16H15F4N3O7/c1-7(17)13(19)15(14(20)8(18)5-23(27)28)29-6-10-9(24)4-12(30-10)22-3-2-11(25)21-16(22)26/h2-3,9-10,12,24H,1,4-6H2,(H,21,25,26)/b14-8-,15-13-. The van der Waals surface area contributed by atoms with Crippen LogP contribution in [0.3, 0.4) is 0 Å². The van der Waals surface area contributed by atoms with Crippen molar-refractivity contribution >= 4 is 0 Å². The Balaban J connectivity index is 2.20. The average molecular weight is 437 g/mol. The molecule has 2 N–H and O–H groups in total. The number of H-pyrrole nitrogens is 1. The summed E-state index contributed by atoms with van der Waals surface area (Å²) < 4.78 is 65.4. The van der Waals surface area contributed by atoms with Crippen LogP contribution >= 0.6 is 0 Å². The van der Waals surface area contributed by atoms with Crippen LogP contribution in [0, 0.1) is 10.1 Å². The lowest BCUT2D eigenvalue weighted by atomic mass is 10.2. The molecule has 1 aromatic rings. The minimum atomic E-state index is -2.16. The highest BCUT2D eigenvalue weighted by molar-refractivity contribution is 5.32. The monoisotopic (exact) mass is 437 g/mol. The van der Waals surface area contributed by atoms with Gasteiger partial charge in [-0.2, -0.15) is 8.78 Å². The van der Waals surface area contributed by atoms with E-state index in [0.717, 1.165) is 16.8 Å². The molecule has 2 rings (SSSR count). The van der Waals surface area contributed by atoms with Crippen molar-refractivity contribution in [3.63, 3.8) is 0 Å². The maximum absolute atomic E-state index is 14.0. The Morgan fingerprint density at radius 2 is 2.03 bits per heavy atom. The zero-order valence-electron chi connectivity index (χ0n) is 15.0. The maximum Gasteiger partial charge on any atom is 0.330 e. The Bertz CT molecular complexity index is 1020. The number of nitrogens with one attached hydrogen (secondary N) is 1. The zero-order valence-corrected chi connectivity index (χ0v) is 15.0. The summed E-state index contributed by atoms with van der Waals surface area (Å²) in [6.07, 6.45) is -2.82. The topological polar surface area (TPSA) is 137 Å². The van der Waals surface area contributed by atoms with Crippen LogP contribution < -0.4 is 11.2 Å². The van der Waals surface area contributed by atoms with E-state index in [4.69, 9.17) is 9.47 Å². The summed E-state index contributed by atoms with van der Waals surface area (Å²) in [5.74, 6) is -9.71. The lowest BCUT2D eigenvalue weighted by molar-refractivity contribution is -0.473. The van der Waals surface area contributed by atoms with Gasteiger partial charge in [0.05, 0.1) is 6.10 Å². The van der Waals surface area contributed by atoms with Crippen molar-refractivity contribution < 1.29 is 37.1 Å². The minimum absolute atomic E-state index is 0.189. The van der Waals surface area contributed by atoms with Crippen LogP contribution in [0.25, 0.3) is 0 Å². The predicted octanol–water partition coefficient (Wildman–Crippen LogP) is 1.29. The number of aromatic nitrogens is 2. The van der Waals surface area contributed by atoms with Crippen molar-refractivity contribution in [2.45, 2.75) is 24.9 Å². The first kappa shape index (κ1) is 23.0. The molecular formula is C16H15F4N3O7. The van der Waals surface area contributed by atoms with Crippen molar-refractivity contribution in [1.29, 1.82) is 0 Å². The van der Waals surface area contributed by atoms with Gasteiger partial charge in [-0.3, -0.25) is 24.5 Å². The number of allylic oxidation sites excluding steroid dienone is 3. The molecule has 0 radical (unpaired) electrons. The number of hydrogen-bond acceptors (Lipinski definition) is 7. The largest absolute Gasteiger partial charge is 0.485 e. The molecule has 1 aliphatic rings. The summed E-state index contributed by atoms with van der Waals surface area (Å²) in [5.41, 5.74) is -1.53. The van der Waals surface area contributed by atoms with Crippen LogP contribution in [0.5, 0.6) is 0 Å². The first-order valence-electron chi connectivity index (χ1n) is 8.20. The van der Waals surface area contributed by atoms with Crippen molar-refractivity contribution in [2.75, 3.05) is 13.2 Å². The Hall–Kier alpha value is -3.26. The van der Waals surface area contributed by atoms with Gasteiger partial charge in [0.2, 0.25) is 17.5 Å². The van der Waals surface area contributed by atoms with E-state index in [1.165, 1.54) is 0 Å². The van der Waals surface area contributed by atoms with Crippen molar-refractivity contribution in [1.82, 2.24) is 9.55 Å². The number of ether oxygens (including phenoxy) is 2. The van der Waals surface area contributed by atoms with Gasteiger partial charge >= 0.3 is 5.69 Å². The molecule has 3 unspecified atom stereocenters. The molecule has 164 valence electrons. The molecule has 0 aromatic carbocycles. The van der Waals surface area contributed by atoms with Gasteiger partial charge in [0.25, 0.3) is 12.1 Å². The first-order chi connectivity index (χ1) is 14.0. The molecule has 30 heavy (non-hydrogen) atoms. The molecule has 0 aliphatic carbocycles. The molecular weight excluding hydrogens is 422 g/mol. The average Bonchev–Trinajstić information content (AvgIpc) is 3.01. The van der Waals surface area contributed by atoms with Gasteiger partial charge in [0.1, 0.15) is 18.9 Å². The highest BCUT2D eigenvalue weighted by Crippen LogP contribution is 2.31. The van der Waals surface area contributed by atoms with E-state index in [2.05, 4.69) is 6.58 Å². The quantitative estimate of drug-likeness (QED) is 0.206. The normalized spacial score (nSPS) is 22.9. The predicted molar refractivity (Wildman–Crippen MR) is 91.3 cm³/mol. The fourth-order valence-corrected chi connectivity index (χ4v) is 2.51.